The van der Waals surface area contributed by atoms with Crippen molar-refractivity contribution >= 4 is 17.1 Å². The predicted molar refractivity (Wildman–Crippen MR) is 111 cm³/mol. The van der Waals surface area contributed by atoms with Gasteiger partial charge in [0, 0.05) is 31.4 Å². The lowest BCUT2D eigenvalue weighted by Crippen LogP contribution is -2.43. The first-order valence-electron chi connectivity index (χ1n) is 10.8. The number of nitrogens with zero attached hydrogens (tertiary/aromatic N) is 5. The van der Waals surface area contributed by atoms with Crippen molar-refractivity contribution in [2.75, 3.05) is 13.1 Å². The molecule has 0 bridgehead atoms. The second-order valence-corrected chi connectivity index (χ2v) is 8.67. The standard InChI is InChI=1S/C22H27N5O3/c1-14-18(15(2)30-24-14)11-20(28)25-10-4-5-17(13-25)27-21-19(6-3-9-23-21)26(22(27)29)12-16-7-8-16/h3,6,9,16-17H,4-5,7-8,10-13H2,1-2H3/t17-/m0/s1. The molecule has 0 N–H and O–H groups in total. The van der Waals surface area contributed by atoms with Crippen LogP contribution in [-0.2, 0) is 17.8 Å². The first-order chi connectivity index (χ1) is 14.5. The topological polar surface area (TPSA) is 86.2 Å². The zero-order chi connectivity index (χ0) is 20.8. The van der Waals surface area contributed by atoms with Gasteiger partial charge in [-0.25, -0.2) is 9.78 Å². The van der Waals surface area contributed by atoms with Gasteiger partial charge in [-0.1, -0.05) is 5.16 Å². The van der Waals surface area contributed by atoms with E-state index in [2.05, 4.69) is 10.1 Å². The molecule has 30 heavy (non-hydrogen) atoms. The van der Waals surface area contributed by atoms with Crippen LogP contribution in [0.25, 0.3) is 11.2 Å². The highest BCUT2D eigenvalue weighted by molar-refractivity contribution is 5.79. The molecular formula is C22H27N5O3. The maximum absolute atomic E-state index is 13.3. The minimum Gasteiger partial charge on any atom is -0.361 e. The molecule has 1 saturated heterocycles. The fraction of sp³-hybridized carbons (Fsp3) is 0.545. The number of likely N-dealkylation sites (tertiary alicyclic amines) is 1. The molecular weight excluding hydrogens is 382 g/mol. The van der Waals surface area contributed by atoms with Crippen LogP contribution in [0.1, 0.15) is 48.7 Å². The van der Waals surface area contributed by atoms with Crippen LogP contribution in [-0.4, -0.2) is 43.2 Å². The molecule has 2 fully saturated rings. The predicted octanol–water partition coefficient (Wildman–Crippen LogP) is 2.62. The Kier molecular flexibility index (Phi) is 4.72. The molecule has 3 aromatic heterocycles. The van der Waals surface area contributed by atoms with E-state index in [-0.39, 0.29) is 24.1 Å². The van der Waals surface area contributed by atoms with Crippen molar-refractivity contribution in [1.29, 1.82) is 0 Å². The molecule has 0 spiro atoms. The third kappa shape index (κ3) is 3.34. The van der Waals surface area contributed by atoms with Crippen LogP contribution in [0, 0.1) is 19.8 Å². The number of carbonyl (C=O) groups is 1. The first-order valence-corrected chi connectivity index (χ1v) is 10.8. The number of piperidine rings is 1. The van der Waals surface area contributed by atoms with E-state index in [0.717, 1.165) is 41.8 Å². The van der Waals surface area contributed by atoms with E-state index in [0.29, 0.717) is 24.8 Å². The van der Waals surface area contributed by atoms with Crippen LogP contribution in [0.5, 0.6) is 0 Å². The zero-order valence-electron chi connectivity index (χ0n) is 17.5. The van der Waals surface area contributed by atoms with Gasteiger partial charge in [-0.2, -0.15) is 0 Å². The summed E-state index contributed by atoms with van der Waals surface area (Å²) in [6.07, 6.45) is 6.13. The Hall–Kier alpha value is -2.90. The molecule has 1 aliphatic heterocycles. The summed E-state index contributed by atoms with van der Waals surface area (Å²) in [5.41, 5.74) is 3.25. The Morgan fingerprint density at radius 1 is 1.27 bits per heavy atom. The summed E-state index contributed by atoms with van der Waals surface area (Å²) in [5.74, 6) is 1.34. The van der Waals surface area contributed by atoms with Crippen molar-refractivity contribution in [3.05, 3.63) is 45.8 Å². The van der Waals surface area contributed by atoms with Crippen molar-refractivity contribution in [1.82, 2.24) is 24.2 Å². The van der Waals surface area contributed by atoms with Crippen LogP contribution < -0.4 is 5.69 Å². The van der Waals surface area contributed by atoms with Gasteiger partial charge in [0.1, 0.15) is 5.76 Å². The molecule has 4 heterocycles. The fourth-order valence-corrected chi connectivity index (χ4v) is 4.58. The SMILES string of the molecule is Cc1noc(C)c1CC(=O)N1CCC[C@H](n2c(=O)n(CC3CC3)c3cccnc32)C1. The molecule has 3 aromatic rings. The average molecular weight is 409 g/mol. The second kappa shape index (κ2) is 7.41. The third-order valence-electron chi connectivity index (χ3n) is 6.48. The Bertz CT molecular complexity index is 1130. The highest BCUT2D eigenvalue weighted by atomic mass is 16.5. The summed E-state index contributed by atoms with van der Waals surface area (Å²) in [6.45, 7) is 5.69. The number of amides is 1. The normalized spacial score (nSPS) is 19.5. The Morgan fingerprint density at radius 3 is 2.83 bits per heavy atom. The fourth-order valence-electron chi connectivity index (χ4n) is 4.58. The lowest BCUT2D eigenvalue weighted by atomic mass is 10.0. The molecule has 2 aliphatic rings. The summed E-state index contributed by atoms with van der Waals surface area (Å²) in [5, 5.41) is 3.95. The van der Waals surface area contributed by atoms with Gasteiger partial charge in [0.05, 0.1) is 23.7 Å². The summed E-state index contributed by atoms with van der Waals surface area (Å²) in [7, 11) is 0. The highest BCUT2D eigenvalue weighted by Crippen LogP contribution is 2.32. The summed E-state index contributed by atoms with van der Waals surface area (Å²) in [6, 6.07) is 3.81. The van der Waals surface area contributed by atoms with Gasteiger partial charge in [0.2, 0.25) is 5.91 Å². The summed E-state index contributed by atoms with van der Waals surface area (Å²) < 4.78 is 8.91. The first kappa shape index (κ1) is 19.1. The zero-order valence-corrected chi connectivity index (χ0v) is 17.5. The van der Waals surface area contributed by atoms with Gasteiger partial charge in [-0.15, -0.1) is 0 Å². The molecule has 158 valence electrons. The molecule has 0 radical (unpaired) electrons. The number of imidazole rings is 1. The number of hydrogen-bond acceptors (Lipinski definition) is 5. The number of aryl methyl sites for hydroxylation is 2. The van der Waals surface area contributed by atoms with Crippen molar-refractivity contribution in [3.63, 3.8) is 0 Å². The molecule has 1 amide bonds. The maximum atomic E-state index is 13.3. The number of hydrogen-bond donors (Lipinski definition) is 0. The second-order valence-electron chi connectivity index (χ2n) is 8.67. The number of pyridine rings is 1. The van der Waals surface area contributed by atoms with E-state index in [1.165, 1.54) is 12.8 Å². The van der Waals surface area contributed by atoms with Crippen LogP contribution in [0.2, 0.25) is 0 Å². The van der Waals surface area contributed by atoms with E-state index in [9.17, 15) is 9.59 Å². The van der Waals surface area contributed by atoms with Crippen molar-refractivity contribution < 1.29 is 9.32 Å². The molecule has 1 aliphatic carbocycles. The third-order valence-corrected chi connectivity index (χ3v) is 6.48. The molecule has 8 nitrogen and oxygen atoms in total. The molecule has 5 rings (SSSR count). The highest BCUT2D eigenvalue weighted by Gasteiger charge is 2.31. The van der Waals surface area contributed by atoms with Crippen molar-refractivity contribution in [3.8, 4) is 0 Å². The van der Waals surface area contributed by atoms with Crippen LogP contribution >= 0.6 is 0 Å². The van der Waals surface area contributed by atoms with E-state index >= 15 is 0 Å². The summed E-state index contributed by atoms with van der Waals surface area (Å²) in [4.78, 5) is 32.7. The number of aromatic nitrogens is 4. The van der Waals surface area contributed by atoms with Crippen LogP contribution in [0.3, 0.4) is 0 Å². The molecule has 1 atom stereocenters. The molecule has 0 unspecified atom stereocenters. The lowest BCUT2D eigenvalue weighted by molar-refractivity contribution is -0.132. The van der Waals surface area contributed by atoms with E-state index in [4.69, 9.17) is 4.52 Å². The van der Waals surface area contributed by atoms with E-state index in [1.807, 2.05) is 40.0 Å². The van der Waals surface area contributed by atoms with Gasteiger partial charge in [0.25, 0.3) is 0 Å². The van der Waals surface area contributed by atoms with Gasteiger partial charge >= 0.3 is 5.69 Å². The Balaban J connectivity index is 1.42. The quantitative estimate of drug-likeness (QED) is 0.647. The number of carbonyl (C=O) groups excluding carboxylic acids is 1. The minimum atomic E-state index is -0.0577. The van der Waals surface area contributed by atoms with Gasteiger partial charge in [-0.3, -0.25) is 13.9 Å². The lowest BCUT2D eigenvalue weighted by Gasteiger charge is -2.33. The maximum Gasteiger partial charge on any atom is 0.330 e. The van der Waals surface area contributed by atoms with E-state index < -0.39 is 0 Å². The van der Waals surface area contributed by atoms with Crippen molar-refractivity contribution in [2.45, 2.75) is 58.5 Å². The monoisotopic (exact) mass is 409 g/mol. The molecule has 8 heteroatoms. The van der Waals surface area contributed by atoms with Crippen LogP contribution in [0.15, 0.2) is 27.6 Å². The van der Waals surface area contributed by atoms with Gasteiger partial charge in [0.15, 0.2) is 5.65 Å². The average Bonchev–Trinajstić information content (AvgIpc) is 3.47. The molecule has 0 aromatic carbocycles. The Labute approximate surface area is 174 Å². The van der Waals surface area contributed by atoms with Gasteiger partial charge in [-0.05, 0) is 57.6 Å². The largest absolute Gasteiger partial charge is 0.361 e. The number of fused-ring (bicyclic) bond motifs is 1. The number of rotatable bonds is 5. The summed E-state index contributed by atoms with van der Waals surface area (Å²) >= 11 is 0. The van der Waals surface area contributed by atoms with Crippen LogP contribution in [0.4, 0.5) is 0 Å². The Morgan fingerprint density at radius 2 is 2.10 bits per heavy atom. The smallest absolute Gasteiger partial charge is 0.330 e. The molecule has 1 saturated carbocycles. The van der Waals surface area contributed by atoms with E-state index in [1.54, 1.807) is 6.20 Å². The minimum absolute atomic E-state index is 0.000576. The van der Waals surface area contributed by atoms with Gasteiger partial charge < -0.3 is 9.42 Å². The van der Waals surface area contributed by atoms with Crippen molar-refractivity contribution in [2.24, 2.45) is 5.92 Å².